The summed E-state index contributed by atoms with van der Waals surface area (Å²) < 4.78 is 18.3. The van der Waals surface area contributed by atoms with Gasteiger partial charge in [0.15, 0.2) is 11.5 Å². The number of carbonyl (C=O) groups excluding carboxylic acids is 1. The standard InChI is InChI=1S/C23H28N4O4/c1-25-18-8-6-5-7-17(18)24-21(25)15-26-9-11-27(12-10-26)23(28)16-13-19(29-2)22(31-4)20(14-16)30-3/h5-8,13-14H,9-12,15H2,1-4H3. The van der Waals surface area contributed by atoms with E-state index >= 15 is 0 Å². The largest absolute Gasteiger partial charge is 0.493 e. The summed E-state index contributed by atoms with van der Waals surface area (Å²) in [4.78, 5) is 22.1. The Balaban J connectivity index is 1.43. The van der Waals surface area contributed by atoms with Crippen molar-refractivity contribution in [2.24, 2.45) is 7.05 Å². The average molecular weight is 425 g/mol. The predicted octanol–water partition coefficient (Wildman–Crippen LogP) is 2.56. The molecule has 1 fully saturated rings. The fourth-order valence-electron chi connectivity index (χ4n) is 4.03. The Morgan fingerprint density at radius 3 is 2.19 bits per heavy atom. The van der Waals surface area contributed by atoms with Crippen molar-refractivity contribution >= 4 is 16.9 Å². The number of rotatable bonds is 6. The molecule has 0 saturated carbocycles. The fourth-order valence-corrected chi connectivity index (χ4v) is 4.03. The van der Waals surface area contributed by atoms with Crippen molar-refractivity contribution in [1.29, 1.82) is 0 Å². The third-order valence-electron chi connectivity index (χ3n) is 5.82. The Morgan fingerprint density at radius 1 is 0.968 bits per heavy atom. The first-order chi connectivity index (χ1) is 15.0. The number of hydrogen-bond acceptors (Lipinski definition) is 6. The van der Waals surface area contributed by atoms with Gasteiger partial charge in [-0.2, -0.15) is 0 Å². The molecule has 8 heteroatoms. The summed E-state index contributed by atoms with van der Waals surface area (Å²) in [6, 6.07) is 11.6. The minimum absolute atomic E-state index is 0.0402. The van der Waals surface area contributed by atoms with Gasteiger partial charge >= 0.3 is 0 Å². The van der Waals surface area contributed by atoms with Crippen LogP contribution in [0.25, 0.3) is 11.0 Å². The molecule has 1 aliphatic rings. The van der Waals surface area contributed by atoms with E-state index in [1.807, 2.05) is 23.1 Å². The Morgan fingerprint density at radius 2 is 1.61 bits per heavy atom. The molecule has 1 aliphatic heterocycles. The lowest BCUT2D eigenvalue weighted by Gasteiger charge is -2.34. The first-order valence-corrected chi connectivity index (χ1v) is 10.3. The Labute approximate surface area is 181 Å². The number of piperazine rings is 1. The van der Waals surface area contributed by atoms with Gasteiger partial charge in [0.1, 0.15) is 5.82 Å². The molecular formula is C23H28N4O4. The van der Waals surface area contributed by atoms with Gasteiger partial charge in [-0.1, -0.05) is 12.1 Å². The van der Waals surface area contributed by atoms with Gasteiger partial charge in [0.2, 0.25) is 5.75 Å². The lowest BCUT2D eigenvalue weighted by atomic mass is 10.1. The number of methoxy groups -OCH3 is 3. The second kappa shape index (κ2) is 8.85. The fraction of sp³-hybridized carbons (Fsp3) is 0.391. The van der Waals surface area contributed by atoms with Crippen LogP contribution in [0.4, 0.5) is 0 Å². The van der Waals surface area contributed by atoms with Crippen LogP contribution in [0, 0.1) is 0 Å². The summed E-state index contributed by atoms with van der Waals surface area (Å²) in [5, 5.41) is 0. The molecule has 4 rings (SSSR count). The lowest BCUT2D eigenvalue weighted by Crippen LogP contribution is -2.48. The van der Waals surface area contributed by atoms with E-state index in [4.69, 9.17) is 19.2 Å². The van der Waals surface area contributed by atoms with Crippen molar-refractivity contribution in [3.05, 3.63) is 47.8 Å². The van der Waals surface area contributed by atoms with E-state index < -0.39 is 0 Å². The smallest absolute Gasteiger partial charge is 0.254 e. The van der Waals surface area contributed by atoms with E-state index in [1.54, 1.807) is 33.5 Å². The second-order valence-corrected chi connectivity index (χ2v) is 7.56. The highest BCUT2D eigenvalue weighted by Crippen LogP contribution is 2.38. The second-order valence-electron chi connectivity index (χ2n) is 7.56. The number of amides is 1. The Bertz CT molecular complexity index is 1060. The van der Waals surface area contributed by atoms with Crippen LogP contribution in [0.3, 0.4) is 0 Å². The molecule has 0 atom stereocenters. The molecule has 0 spiro atoms. The Hall–Kier alpha value is -3.26. The van der Waals surface area contributed by atoms with E-state index in [9.17, 15) is 4.79 Å². The molecule has 0 radical (unpaired) electrons. The summed E-state index contributed by atoms with van der Waals surface area (Å²) in [5.41, 5.74) is 2.67. The summed E-state index contributed by atoms with van der Waals surface area (Å²) in [6.07, 6.45) is 0. The normalized spacial score (nSPS) is 14.6. The van der Waals surface area contributed by atoms with Crippen molar-refractivity contribution < 1.29 is 19.0 Å². The summed E-state index contributed by atoms with van der Waals surface area (Å²) in [5.74, 6) is 2.43. The van der Waals surface area contributed by atoms with Gasteiger partial charge in [-0.15, -0.1) is 0 Å². The first-order valence-electron chi connectivity index (χ1n) is 10.3. The zero-order valence-electron chi connectivity index (χ0n) is 18.4. The van der Waals surface area contributed by atoms with Crippen molar-refractivity contribution in [1.82, 2.24) is 19.4 Å². The lowest BCUT2D eigenvalue weighted by molar-refractivity contribution is 0.0623. The summed E-state index contributed by atoms with van der Waals surface area (Å²) in [7, 11) is 6.69. The number of benzene rings is 2. The zero-order chi connectivity index (χ0) is 22.0. The van der Waals surface area contributed by atoms with E-state index in [2.05, 4.69) is 22.6 Å². The van der Waals surface area contributed by atoms with Crippen molar-refractivity contribution in [3.8, 4) is 17.2 Å². The molecule has 0 N–H and O–H groups in total. The molecule has 1 aromatic heterocycles. The molecule has 2 heterocycles. The van der Waals surface area contributed by atoms with Gasteiger partial charge in [-0.3, -0.25) is 9.69 Å². The first kappa shape index (κ1) is 21.0. The highest BCUT2D eigenvalue weighted by atomic mass is 16.5. The van der Waals surface area contributed by atoms with Crippen LogP contribution in [0.15, 0.2) is 36.4 Å². The van der Waals surface area contributed by atoms with E-state index in [1.165, 1.54) is 0 Å². The number of carbonyl (C=O) groups is 1. The number of hydrogen-bond donors (Lipinski definition) is 0. The Kier molecular flexibility index (Phi) is 5.99. The van der Waals surface area contributed by atoms with E-state index in [0.29, 0.717) is 35.9 Å². The number of ether oxygens (including phenoxy) is 3. The highest BCUT2D eigenvalue weighted by molar-refractivity contribution is 5.95. The van der Waals surface area contributed by atoms with Gasteiger partial charge in [0, 0.05) is 38.8 Å². The predicted molar refractivity (Wildman–Crippen MR) is 118 cm³/mol. The maximum Gasteiger partial charge on any atom is 0.254 e. The van der Waals surface area contributed by atoms with Crippen LogP contribution in [0.5, 0.6) is 17.2 Å². The monoisotopic (exact) mass is 424 g/mol. The van der Waals surface area contributed by atoms with Gasteiger partial charge < -0.3 is 23.7 Å². The quantitative estimate of drug-likeness (QED) is 0.606. The molecule has 0 unspecified atom stereocenters. The summed E-state index contributed by atoms with van der Waals surface area (Å²) in [6.45, 7) is 3.65. The molecule has 31 heavy (non-hydrogen) atoms. The molecule has 1 saturated heterocycles. The SMILES string of the molecule is COc1cc(C(=O)N2CCN(Cc3nc4ccccc4n3C)CC2)cc(OC)c1OC. The molecule has 2 aromatic carbocycles. The number of para-hydroxylation sites is 2. The van der Waals surface area contributed by atoms with Gasteiger partial charge in [-0.05, 0) is 24.3 Å². The zero-order valence-corrected chi connectivity index (χ0v) is 18.4. The van der Waals surface area contributed by atoms with Crippen LogP contribution in [0.1, 0.15) is 16.2 Å². The van der Waals surface area contributed by atoms with Crippen LogP contribution < -0.4 is 14.2 Å². The molecule has 1 amide bonds. The summed E-state index contributed by atoms with van der Waals surface area (Å²) >= 11 is 0. The van der Waals surface area contributed by atoms with Gasteiger partial charge in [0.05, 0.1) is 38.9 Å². The van der Waals surface area contributed by atoms with Gasteiger partial charge in [-0.25, -0.2) is 4.98 Å². The molecule has 0 bridgehead atoms. The van der Waals surface area contributed by atoms with Crippen LogP contribution in [-0.2, 0) is 13.6 Å². The number of nitrogens with zero attached hydrogens (tertiary/aromatic N) is 4. The molecule has 164 valence electrons. The van der Waals surface area contributed by atoms with Crippen LogP contribution in [0.2, 0.25) is 0 Å². The van der Waals surface area contributed by atoms with Crippen LogP contribution in [-0.4, -0.2) is 72.8 Å². The molecule has 0 aliphatic carbocycles. The number of imidazole rings is 1. The maximum absolute atomic E-state index is 13.1. The number of aromatic nitrogens is 2. The van der Waals surface area contributed by atoms with Crippen LogP contribution >= 0.6 is 0 Å². The number of fused-ring (bicyclic) bond motifs is 1. The average Bonchev–Trinajstić information content (AvgIpc) is 3.13. The molecule has 8 nitrogen and oxygen atoms in total. The topological polar surface area (TPSA) is 69.1 Å². The third kappa shape index (κ3) is 4.03. The maximum atomic E-state index is 13.1. The van der Waals surface area contributed by atoms with Crippen molar-refractivity contribution in [2.45, 2.75) is 6.54 Å². The van der Waals surface area contributed by atoms with E-state index in [-0.39, 0.29) is 5.91 Å². The van der Waals surface area contributed by atoms with E-state index in [0.717, 1.165) is 36.5 Å². The minimum Gasteiger partial charge on any atom is -0.493 e. The van der Waals surface area contributed by atoms with Crippen molar-refractivity contribution in [2.75, 3.05) is 47.5 Å². The number of aryl methyl sites for hydroxylation is 1. The molecule has 3 aromatic rings. The minimum atomic E-state index is -0.0402. The van der Waals surface area contributed by atoms with Crippen molar-refractivity contribution in [3.63, 3.8) is 0 Å². The highest BCUT2D eigenvalue weighted by Gasteiger charge is 2.25. The van der Waals surface area contributed by atoms with Gasteiger partial charge in [0.25, 0.3) is 5.91 Å². The third-order valence-corrected chi connectivity index (χ3v) is 5.82. The molecular weight excluding hydrogens is 396 g/mol.